The Kier molecular flexibility index (Phi) is 4.22. The van der Waals surface area contributed by atoms with Crippen LogP contribution in [0.4, 0.5) is 0 Å². The second-order valence-electron chi connectivity index (χ2n) is 4.90. The summed E-state index contributed by atoms with van der Waals surface area (Å²) in [6.07, 6.45) is 0.193. The third-order valence-corrected chi connectivity index (χ3v) is 2.93. The molecule has 0 saturated carbocycles. The summed E-state index contributed by atoms with van der Waals surface area (Å²) in [6.45, 7) is 6.90. The molecule has 19 heavy (non-hydrogen) atoms. The molecule has 1 heterocycles. The fourth-order valence-corrected chi connectivity index (χ4v) is 2.05. The highest BCUT2D eigenvalue weighted by Crippen LogP contribution is 2.25. The molecule has 2 N–H and O–H groups in total. The number of rotatable bonds is 5. The van der Waals surface area contributed by atoms with Gasteiger partial charge in [0.25, 0.3) is 0 Å². The van der Waals surface area contributed by atoms with Crippen molar-refractivity contribution < 1.29 is 4.74 Å². The van der Waals surface area contributed by atoms with Gasteiger partial charge in [-0.05, 0) is 52.1 Å². The molecule has 1 aromatic heterocycles. The molecule has 0 saturated heterocycles. The fourth-order valence-electron chi connectivity index (χ4n) is 2.05. The van der Waals surface area contributed by atoms with Gasteiger partial charge in [-0.25, -0.2) is 0 Å². The van der Waals surface area contributed by atoms with Crippen molar-refractivity contribution in [2.75, 3.05) is 7.05 Å². The molecule has 102 valence electrons. The Morgan fingerprint density at radius 3 is 2.53 bits per heavy atom. The van der Waals surface area contributed by atoms with Crippen molar-refractivity contribution in [3.05, 3.63) is 35.5 Å². The lowest BCUT2D eigenvalue weighted by Crippen LogP contribution is -2.07. The van der Waals surface area contributed by atoms with Gasteiger partial charge in [-0.3, -0.25) is 5.10 Å². The molecule has 4 heteroatoms. The van der Waals surface area contributed by atoms with Crippen LogP contribution in [0.25, 0.3) is 11.3 Å². The van der Waals surface area contributed by atoms with E-state index >= 15 is 0 Å². The smallest absolute Gasteiger partial charge is 0.119 e. The van der Waals surface area contributed by atoms with Crippen molar-refractivity contribution in [1.29, 1.82) is 0 Å². The average molecular weight is 259 g/mol. The van der Waals surface area contributed by atoms with E-state index < -0.39 is 0 Å². The molecular weight excluding hydrogens is 238 g/mol. The standard InChI is InChI=1S/C15H21N3O/c1-10(2)19-13-7-5-12(6-8-13)15-14(9-16-4)11(3)17-18-15/h5-8,10,16H,9H2,1-4H3,(H,17,18). The molecule has 0 radical (unpaired) electrons. The zero-order valence-electron chi connectivity index (χ0n) is 11.9. The zero-order valence-corrected chi connectivity index (χ0v) is 11.9. The van der Waals surface area contributed by atoms with E-state index in [1.54, 1.807) is 0 Å². The largest absolute Gasteiger partial charge is 0.491 e. The number of H-pyrrole nitrogens is 1. The quantitative estimate of drug-likeness (QED) is 0.868. The number of aryl methyl sites for hydroxylation is 1. The highest BCUT2D eigenvalue weighted by Gasteiger charge is 2.11. The van der Waals surface area contributed by atoms with E-state index in [1.165, 1.54) is 5.56 Å². The van der Waals surface area contributed by atoms with Crippen LogP contribution in [-0.4, -0.2) is 23.3 Å². The van der Waals surface area contributed by atoms with E-state index in [9.17, 15) is 0 Å². The molecule has 4 nitrogen and oxygen atoms in total. The molecule has 2 rings (SSSR count). The number of aromatic nitrogens is 2. The van der Waals surface area contributed by atoms with Crippen LogP contribution < -0.4 is 10.1 Å². The van der Waals surface area contributed by atoms with Crippen molar-refractivity contribution >= 4 is 0 Å². The Hall–Kier alpha value is -1.81. The van der Waals surface area contributed by atoms with Crippen molar-refractivity contribution in [3.63, 3.8) is 0 Å². The van der Waals surface area contributed by atoms with Gasteiger partial charge in [0, 0.05) is 23.4 Å². The van der Waals surface area contributed by atoms with Gasteiger partial charge < -0.3 is 10.1 Å². The van der Waals surface area contributed by atoms with Crippen LogP contribution in [0.1, 0.15) is 25.1 Å². The number of hydrogen-bond donors (Lipinski definition) is 2. The number of nitrogens with one attached hydrogen (secondary N) is 2. The molecule has 0 bridgehead atoms. The highest BCUT2D eigenvalue weighted by atomic mass is 16.5. The van der Waals surface area contributed by atoms with E-state index in [1.807, 2.05) is 52.1 Å². The zero-order chi connectivity index (χ0) is 13.8. The predicted octanol–water partition coefficient (Wildman–Crippen LogP) is 2.89. The molecule has 0 unspecified atom stereocenters. The third kappa shape index (κ3) is 3.15. The van der Waals surface area contributed by atoms with Gasteiger partial charge in [0.1, 0.15) is 5.75 Å². The minimum absolute atomic E-state index is 0.193. The van der Waals surface area contributed by atoms with Crippen molar-refractivity contribution in [2.24, 2.45) is 0 Å². The summed E-state index contributed by atoms with van der Waals surface area (Å²) in [5, 5.41) is 10.6. The Morgan fingerprint density at radius 1 is 1.26 bits per heavy atom. The van der Waals surface area contributed by atoms with Gasteiger partial charge in [-0.2, -0.15) is 5.10 Å². The van der Waals surface area contributed by atoms with Crippen molar-refractivity contribution in [1.82, 2.24) is 15.5 Å². The Bertz CT molecular complexity index is 529. The van der Waals surface area contributed by atoms with Crippen LogP contribution in [-0.2, 0) is 6.54 Å². The first-order valence-electron chi connectivity index (χ1n) is 6.57. The molecule has 0 fully saturated rings. The lowest BCUT2D eigenvalue weighted by molar-refractivity contribution is 0.242. The Balaban J connectivity index is 2.27. The van der Waals surface area contributed by atoms with Gasteiger partial charge in [-0.1, -0.05) is 0 Å². The first-order chi connectivity index (χ1) is 9.11. The van der Waals surface area contributed by atoms with E-state index in [2.05, 4.69) is 15.5 Å². The number of nitrogens with zero attached hydrogens (tertiary/aromatic N) is 1. The second-order valence-corrected chi connectivity index (χ2v) is 4.90. The van der Waals surface area contributed by atoms with Crippen LogP contribution in [0.5, 0.6) is 5.75 Å². The first kappa shape index (κ1) is 13.6. The van der Waals surface area contributed by atoms with Gasteiger partial charge >= 0.3 is 0 Å². The van der Waals surface area contributed by atoms with E-state index in [4.69, 9.17) is 4.74 Å². The molecule has 0 spiro atoms. The summed E-state index contributed by atoms with van der Waals surface area (Å²) in [4.78, 5) is 0. The lowest BCUT2D eigenvalue weighted by atomic mass is 10.1. The number of hydrogen-bond acceptors (Lipinski definition) is 3. The normalized spacial score (nSPS) is 11.0. The van der Waals surface area contributed by atoms with Crippen LogP contribution >= 0.6 is 0 Å². The first-order valence-corrected chi connectivity index (χ1v) is 6.57. The molecule has 1 aromatic carbocycles. The van der Waals surface area contributed by atoms with Gasteiger partial charge in [0.2, 0.25) is 0 Å². The third-order valence-electron chi connectivity index (χ3n) is 2.93. The molecule has 0 aliphatic carbocycles. The summed E-state index contributed by atoms with van der Waals surface area (Å²) >= 11 is 0. The molecule has 0 amide bonds. The number of aromatic amines is 1. The Labute approximate surface area is 114 Å². The summed E-state index contributed by atoms with van der Waals surface area (Å²) in [7, 11) is 1.94. The van der Waals surface area contributed by atoms with Crippen LogP contribution in [0, 0.1) is 6.92 Å². The predicted molar refractivity (Wildman–Crippen MR) is 77.3 cm³/mol. The highest BCUT2D eigenvalue weighted by molar-refractivity contribution is 5.64. The number of ether oxygens (including phenoxy) is 1. The van der Waals surface area contributed by atoms with E-state index in [0.717, 1.165) is 29.2 Å². The molecule has 2 aromatic rings. The lowest BCUT2D eigenvalue weighted by Gasteiger charge is -2.10. The van der Waals surface area contributed by atoms with Gasteiger partial charge in [-0.15, -0.1) is 0 Å². The minimum Gasteiger partial charge on any atom is -0.491 e. The second kappa shape index (κ2) is 5.89. The summed E-state index contributed by atoms with van der Waals surface area (Å²) in [5.41, 5.74) is 4.42. The minimum atomic E-state index is 0.193. The van der Waals surface area contributed by atoms with Crippen molar-refractivity contribution in [2.45, 2.75) is 33.4 Å². The van der Waals surface area contributed by atoms with Gasteiger partial charge in [0.15, 0.2) is 0 Å². The summed E-state index contributed by atoms with van der Waals surface area (Å²) in [5.74, 6) is 0.890. The molecular formula is C15H21N3O. The summed E-state index contributed by atoms with van der Waals surface area (Å²) < 4.78 is 5.65. The number of benzene rings is 1. The van der Waals surface area contributed by atoms with Crippen molar-refractivity contribution in [3.8, 4) is 17.0 Å². The van der Waals surface area contributed by atoms with E-state index in [-0.39, 0.29) is 6.10 Å². The average Bonchev–Trinajstić information content (AvgIpc) is 2.72. The molecule has 0 aliphatic heterocycles. The Morgan fingerprint density at radius 2 is 1.95 bits per heavy atom. The van der Waals surface area contributed by atoms with E-state index in [0.29, 0.717) is 0 Å². The maximum atomic E-state index is 5.65. The fraction of sp³-hybridized carbons (Fsp3) is 0.400. The van der Waals surface area contributed by atoms with Crippen LogP contribution in [0.15, 0.2) is 24.3 Å². The van der Waals surface area contributed by atoms with Crippen LogP contribution in [0.2, 0.25) is 0 Å². The maximum Gasteiger partial charge on any atom is 0.119 e. The summed E-state index contributed by atoms with van der Waals surface area (Å²) in [6, 6.07) is 8.07. The van der Waals surface area contributed by atoms with Gasteiger partial charge in [0.05, 0.1) is 11.8 Å². The maximum absolute atomic E-state index is 5.65. The van der Waals surface area contributed by atoms with Crippen LogP contribution in [0.3, 0.4) is 0 Å². The monoisotopic (exact) mass is 259 g/mol. The SMILES string of the molecule is CNCc1c(-c2ccc(OC(C)C)cc2)n[nH]c1C. The topological polar surface area (TPSA) is 49.9 Å². The molecule has 0 atom stereocenters. The molecule has 0 aliphatic rings.